The van der Waals surface area contributed by atoms with Gasteiger partial charge in [-0.2, -0.15) is 4.98 Å². The summed E-state index contributed by atoms with van der Waals surface area (Å²) < 4.78 is 5.50. The summed E-state index contributed by atoms with van der Waals surface area (Å²) in [7, 11) is 0. The molecule has 0 atom stereocenters. The average molecular weight is 334 g/mol. The van der Waals surface area contributed by atoms with Crippen molar-refractivity contribution in [3.8, 4) is 11.4 Å². The molecule has 0 unspecified atom stereocenters. The van der Waals surface area contributed by atoms with Crippen LogP contribution in [0.1, 0.15) is 36.8 Å². The molecule has 0 radical (unpaired) electrons. The number of nitrogens with zero attached hydrogens (tertiary/aromatic N) is 4. The van der Waals surface area contributed by atoms with E-state index in [0.717, 1.165) is 18.5 Å². The number of hydrogen-bond donors (Lipinski definition) is 0. The summed E-state index contributed by atoms with van der Waals surface area (Å²) in [6.07, 6.45) is 7.23. The Morgan fingerprint density at radius 1 is 1.08 bits per heavy atom. The Labute approximate surface area is 147 Å². The van der Waals surface area contributed by atoms with E-state index in [0.29, 0.717) is 24.3 Å². The molecule has 2 aromatic heterocycles. The van der Waals surface area contributed by atoms with Crippen LogP contribution in [0.25, 0.3) is 11.4 Å². The van der Waals surface area contributed by atoms with Gasteiger partial charge in [0.1, 0.15) is 0 Å². The van der Waals surface area contributed by atoms with Crippen molar-refractivity contribution in [3.63, 3.8) is 0 Å². The van der Waals surface area contributed by atoms with Crippen LogP contribution in [0.3, 0.4) is 0 Å². The summed E-state index contributed by atoms with van der Waals surface area (Å²) in [5.41, 5.74) is 3.52. The Kier molecular flexibility index (Phi) is 4.57. The molecule has 25 heavy (non-hydrogen) atoms. The maximum Gasteiger partial charge on any atom is 0.241 e. The molecular weight excluding hydrogens is 312 g/mol. The molecule has 4 rings (SSSR count). The highest BCUT2D eigenvalue weighted by Gasteiger charge is 2.30. The molecule has 0 spiro atoms. The van der Waals surface area contributed by atoms with E-state index in [-0.39, 0.29) is 0 Å². The van der Waals surface area contributed by atoms with E-state index in [9.17, 15) is 0 Å². The van der Waals surface area contributed by atoms with Gasteiger partial charge in [0.05, 0.1) is 6.54 Å². The van der Waals surface area contributed by atoms with E-state index < -0.39 is 0 Å². The number of pyridine rings is 1. The third-order valence-electron chi connectivity index (χ3n) is 4.60. The maximum absolute atomic E-state index is 5.50. The second-order valence-electron chi connectivity index (χ2n) is 6.56. The molecule has 5 heteroatoms. The fourth-order valence-electron chi connectivity index (χ4n) is 2.98. The summed E-state index contributed by atoms with van der Waals surface area (Å²) in [6, 6.07) is 13.0. The molecule has 1 aliphatic rings. The van der Waals surface area contributed by atoms with Crippen LogP contribution in [-0.2, 0) is 19.5 Å². The van der Waals surface area contributed by atoms with Crippen molar-refractivity contribution in [1.29, 1.82) is 0 Å². The molecule has 0 saturated heterocycles. The molecule has 1 saturated carbocycles. The molecule has 0 amide bonds. The summed E-state index contributed by atoms with van der Waals surface area (Å²) >= 11 is 0. The fraction of sp³-hybridized carbons (Fsp3) is 0.350. The van der Waals surface area contributed by atoms with Gasteiger partial charge >= 0.3 is 0 Å². The minimum atomic E-state index is 0.611. The summed E-state index contributed by atoms with van der Waals surface area (Å²) in [5, 5.41) is 4.16. The van der Waals surface area contributed by atoms with Crippen LogP contribution < -0.4 is 0 Å². The minimum Gasteiger partial charge on any atom is -0.338 e. The largest absolute Gasteiger partial charge is 0.338 e. The molecule has 0 bridgehead atoms. The Morgan fingerprint density at radius 2 is 1.92 bits per heavy atom. The van der Waals surface area contributed by atoms with Crippen molar-refractivity contribution in [2.75, 3.05) is 0 Å². The SMILES string of the molecule is CCc1ccc(-c2noc(CN(Cc3cccnc3)C3CC3)n2)cc1. The normalized spacial score (nSPS) is 14.2. The van der Waals surface area contributed by atoms with Crippen molar-refractivity contribution >= 4 is 0 Å². The Balaban J connectivity index is 1.46. The van der Waals surface area contributed by atoms with Crippen LogP contribution >= 0.6 is 0 Å². The summed E-state index contributed by atoms with van der Waals surface area (Å²) in [5.74, 6) is 1.33. The lowest BCUT2D eigenvalue weighted by Crippen LogP contribution is -2.25. The molecule has 1 aliphatic carbocycles. The van der Waals surface area contributed by atoms with Gasteiger partial charge in [0, 0.05) is 30.5 Å². The van der Waals surface area contributed by atoms with Crippen LogP contribution in [0.15, 0.2) is 53.3 Å². The van der Waals surface area contributed by atoms with Crippen molar-refractivity contribution in [2.24, 2.45) is 0 Å². The lowest BCUT2D eigenvalue weighted by Gasteiger charge is -2.19. The van der Waals surface area contributed by atoms with Crippen LogP contribution in [0.5, 0.6) is 0 Å². The van der Waals surface area contributed by atoms with Gasteiger partial charge in [0.25, 0.3) is 0 Å². The van der Waals surface area contributed by atoms with Crippen molar-refractivity contribution in [2.45, 2.75) is 45.3 Å². The standard InChI is InChI=1S/C20H22N4O/c1-2-15-5-7-17(8-6-15)20-22-19(25-23-20)14-24(18-9-10-18)13-16-4-3-11-21-12-16/h3-8,11-12,18H,2,9-10,13-14H2,1H3. The zero-order valence-corrected chi connectivity index (χ0v) is 14.4. The molecule has 2 heterocycles. The predicted molar refractivity (Wildman–Crippen MR) is 95.6 cm³/mol. The highest BCUT2D eigenvalue weighted by Crippen LogP contribution is 2.29. The van der Waals surface area contributed by atoms with E-state index in [2.05, 4.69) is 57.3 Å². The van der Waals surface area contributed by atoms with E-state index >= 15 is 0 Å². The maximum atomic E-state index is 5.50. The molecule has 128 valence electrons. The van der Waals surface area contributed by atoms with Gasteiger partial charge in [0.2, 0.25) is 11.7 Å². The Bertz CT molecular complexity index is 809. The number of hydrogen-bond acceptors (Lipinski definition) is 5. The van der Waals surface area contributed by atoms with Gasteiger partial charge in [-0.1, -0.05) is 42.4 Å². The highest BCUT2D eigenvalue weighted by atomic mass is 16.5. The van der Waals surface area contributed by atoms with Gasteiger partial charge in [-0.15, -0.1) is 0 Å². The van der Waals surface area contributed by atoms with Crippen LogP contribution in [0.2, 0.25) is 0 Å². The average Bonchev–Trinajstić information content (AvgIpc) is 3.41. The number of benzene rings is 1. The smallest absolute Gasteiger partial charge is 0.241 e. The zero-order valence-electron chi connectivity index (χ0n) is 14.4. The first-order chi connectivity index (χ1) is 12.3. The molecule has 1 fully saturated rings. The van der Waals surface area contributed by atoms with Crippen molar-refractivity contribution < 1.29 is 4.52 Å². The van der Waals surface area contributed by atoms with Crippen LogP contribution in [-0.4, -0.2) is 26.1 Å². The second-order valence-corrected chi connectivity index (χ2v) is 6.56. The molecule has 0 N–H and O–H groups in total. The third kappa shape index (κ3) is 3.94. The first-order valence-corrected chi connectivity index (χ1v) is 8.86. The molecule has 0 aliphatic heterocycles. The van der Waals surface area contributed by atoms with E-state index in [1.807, 2.05) is 12.3 Å². The zero-order chi connectivity index (χ0) is 17.1. The van der Waals surface area contributed by atoms with E-state index in [4.69, 9.17) is 4.52 Å². The van der Waals surface area contributed by atoms with Gasteiger partial charge in [-0.05, 0) is 36.5 Å². The van der Waals surface area contributed by atoms with E-state index in [1.54, 1.807) is 6.20 Å². The number of aromatic nitrogens is 3. The number of rotatable bonds is 7. The van der Waals surface area contributed by atoms with Gasteiger partial charge in [0.15, 0.2) is 0 Å². The van der Waals surface area contributed by atoms with Crippen molar-refractivity contribution in [1.82, 2.24) is 20.0 Å². The van der Waals surface area contributed by atoms with Crippen molar-refractivity contribution in [3.05, 3.63) is 65.8 Å². The first kappa shape index (κ1) is 16.0. The Morgan fingerprint density at radius 3 is 2.60 bits per heavy atom. The van der Waals surface area contributed by atoms with E-state index in [1.165, 1.54) is 24.0 Å². The molecule has 3 aromatic rings. The fourth-order valence-corrected chi connectivity index (χ4v) is 2.98. The monoisotopic (exact) mass is 334 g/mol. The quantitative estimate of drug-likeness (QED) is 0.657. The lowest BCUT2D eigenvalue weighted by molar-refractivity contribution is 0.209. The third-order valence-corrected chi connectivity index (χ3v) is 4.60. The van der Waals surface area contributed by atoms with Gasteiger partial charge < -0.3 is 4.52 Å². The lowest BCUT2D eigenvalue weighted by atomic mass is 10.1. The molecular formula is C20H22N4O. The van der Waals surface area contributed by atoms with Crippen LogP contribution in [0.4, 0.5) is 0 Å². The topological polar surface area (TPSA) is 55.1 Å². The van der Waals surface area contributed by atoms with Gasteiger partial charge in [-0.3, -0.25) is 9.88 Å². The minimum absolute atomic E-state index is 0.611. The molecule has 5 nitrogen and oxygen atoms in total. The first-order valence-electron chi connectivity index (χ1n) is 8.86. The van der Waals surface area contributed by atoms with Gasteiger partial charge in [-0.25, -0.2) is 0 Å². The highest BCUT2D eigenvalue weighted by molar-refractivity contribution is 5.54. The summed E-state index contributed by atoms with van der Waals surface area (Å²) in [6.45, 7) is 3.69. The second kappa shape index (κ2) is 7.15. The van der Waals surface area contributed by atoms with Crippen LogP contribution in [0, 0.1) is 0 Å². The molecule has 1 aromatic carbocycles. The predicted octanol–water partition coefficient (Wildman–Crippen LogP) is 3.86. The summed E-state index contributed by atoms with van der Waals surface area (Å²) in [4.78, 5) is 11.2. The Hall–Kier alpha value is -2.53. The number of aryl methyl sites for hydroxylation is 1.